The minimum absolute atomic E-state index is 0.119. The zero-order chi connectivity index (χ0) is 9.68. The van der Waals surface area contributed by atoms with Crippen LogP contribution in [0.5, 0.6) is 5.75 Å². The van der Waals surface area contributed by atoms with Crippen molar-refractivity contribution in [3.05, 3.63) is 48.4 Å². The molecule has 0 aromatic heterocycles. The van der Waals surface area contributed by atoms with Crippen molar-refractivity contribution in [1.82, 2.24) is 0 Å². The molecule has 0 unspecified atom stereocenters. The van der Waals surface area contributed by atoms with Gasteiger partial charge >= 0.3 is 5.97 Å². The van der Waals surface area contributed by atoms with Crippen LogP contribution in [-0.2, 0) is 0 Å². The van der Waals surface area contributed by atoms with Gasteiger partial charge in [-0.2, -0.15) is 0 Å². The van der Waals surface area contributed by atoms with Gasteiger partial charge in [-0.05, 0) is 12.1 Å². The van der Waals surface area contributed by atoms with Crippen molar-refractivity contribution in [2.45, 2.75) is 0 Å². The number of benzene rings is 1. The van der Waals surface area contributed by atoms with Crippen molar-refractivity contribution in [2.75, 3.05) is 0 Å². The Kier molecular flexibility index (Phi) is 2.90. The fourth-order valence-corrected chi connectivity index (χ4v) is 0.851. The monoisotopic (exact) mass is 176 g/mol. The van der Waals surface area contributed by atoms with Crippen LogP contribution in [0.2, 0.25) is 0 Å². The molecule has 0 amide bonds. The van der Waals surface area contributed by atoms with E-state index < -0.39 is 5.97 Å². The number of para-hydroxylation sites is 1. The van der Waals surface area contributed by atoms with E-state index in [-0.39, 0.29) is 11.3 Å². The van der Waals surface area contributed by atoms with Crippen LogP contribution in [0.25, 0.3) is 0 Å². The molecular formula is C10H8O3. The lowest BCUT2D eigenvalue weighted by Gasteiger charge is -2.02. The summed E-state index contributed by atoms with van der Waals surface area (Å²) in [5, 5.41) is 8.74. The van der Waals surface area contributed by atoms with Gasteiger partial charge in [0.2, 0.25) is 0 Å². The number of rotatable bonds is 3. The first-order valence-electron chi connectivity index (χ1n) is 3.59. The lowest BCUT2D eigenvalue weighted by molar-refractivity contribution is 0.0694. The third-order valence-electron chi connectivity index (χ3n) is 1.39. The van der Waals surface area contributed by atoms with Crippen molar-refractivity contribution in [1.29, 1.82) is 0 Å². The Morgan fingerprint density at radius 1 is 1.54 bits per heavy atom. The van der Waals surface area contributed by atoms with Gasteiger partial charge in [0, 0.05) is 0 Å². The van der Waals surface area contributed by atoms with Gasteiger partial charge in [0.15, 0.2) is 0 Å². The highest BCUT2D eigenvalue weighted by atomic mass is 16.5. The SMILES string of the molecule is C=C=COc1ccccc1C(=O)O. The molecule has 0 saturated heterocycles. The number of carboxylic acid groups (broad SMARTS) is 1. The van der Waals surface area contributed by atoms with Gasteiger partial charge in [-0.25, -0.2) is 4.79 Å². The second-order valence-electron chi connectivity index (χ2n) is 2.24. The second kappa shape index (κ2) is 4.14. The number of carbonyl (C=O) groups is 1. The number of aromatic carboxylic acids is 1. The van der Waals surface area contributed by atoms with Crippen LogP contribution in [0.1, 0.15) is 10.4 Å². The fraction of sp³-hybridized carbons (Fsp3) is 0. The van der Waals surface area contributed by atoms with E-state index in [1.807, 2.05) is 0 Å². The highest BCUT2D eigenvalue weighted by Gasteiger charge is 2.08. The first kappa shape index (κ1) is 9.10. The normalized spacial score (nSPS) is 8.62. The number of ether oxygens (including phenoxy) is 1. The topological polar surface area (TPSA) is 46.5 Å². The Hall–Kier alpha value is -1.99. The first-order chi connectivity index (χ1) is 6.25. The molecule has 0 heterocycles. The average Bonchev–Trinajstić information content (AvgIpc) is 2.15. The Labute approximate surface area is 75.6 Å². The summed E-state index contributed by atoms with van der Waals surface area (Å²) in [7, 11) is 0. The van der Waals surface area contributed by atoms with E-state index in [0.29, 0.717) is 0 Å². The molecule has 0 aliphatic rings. The van der Waals surface area contributed by atoms with Crippen LogP contribution < -0.4 is 4.74 Å². The van der Waals surface area contributed by atoms with Crippen LogP contribution in [-0.4, -0.2) is 11.1 Å². The summed E-state index contributed by atoms with van der Waals surface area (Å²) in [5.41, 5.74) is 2.51. The van der Waals surface area contributed by atoms with Gasteiger partial charge in [-0.15, -0.1) is 0 Å². The Morgan fingerprint density at radius 3 is 2.85 bits per heavy atom. The molecule has 0 atom stereocenters. The number of hydrogen-bond donors (Lipinski definition) is 1. The van der Waals surface area contributed by atoms with Crippen LogP contribution in [0.15, 0.2) is 42.8 Å². The Morgan fingerprint density at radius 2 is 2.23 bits per heavy atom. The molecule has 0 aliphatic heterocycles. The molecule has 1 N–H and O–H groups in total. The van der Waals surface area contributed by atoms with Crippen molar-refractivity contribution in [3.63, 3.8) is 0 Å². The van der Waals surface area contributed by atoms with E-state index in [0.717, 1.165) is 0 Å². The lowest BCUT2D eigenvalue weighted by atomic mass is 10.2. The third-order valence-corrected chi connectivity index (χ3v) is 1.39. The highest BCUT2D eigenvalue weighted by molar-refractivity contribution is 5.90. The molecule has 3 heteroatoms. The number of hydrogen-bond acceptors (Lipinski definition) is 2. The molecule has 3 nitrogen and oxygen atoms in total. The van der Waals surface area contributed by atoms with Crippen LogP contribution in [0.4, 0.5) is 0 Å². The molecule has 0 saturated carbocycles. The van der Waals surface area contributed by atoms with Crippen molar-refractivity contribution in [3.8, 4) is 5.75 Å². The summed E-state index contributed by atoms with van der Waals surface area (Å²) in [5.74, 6) is -0.737. The maximum absolute atomic E-state index is 10.7. The van der Waals surface area contributed by atoms with E-state index in [1.54, 1.807) is 18.2 Å². The van der Waals surface area contributed by atoms with Crippen molar-refractivity contribution < 1.29 is 14.6 Å². The minimum Gasteiger partial charge on any atom is -0.478 e. The van der Waals surface area contributed by atoms with Gasteiger partial charge in [0.05, 0.1) is 0 Å². The van der Waals surface area contributed by atoms with Crippen molar-refractivity contribution in [2.24, 2.45) is 0 Å². The smallest absolute Gasteiger partial charge is 0.339 e. The summed E-state index contributed by atoms with van der Waals surface area (Å²) in [6.07, 6.45) is 1.21. The lowest BCUT2D eigenvalue weighted by Crippen LogP contribution is -1.98. The Balaban J connectivity index is 3.04. The molecular weight excluding hydrogens is 168 g/mol. The predicted octanol–water partition coefficient (Wildman–Crippen LogP) is 2.06. The second-order valence-corrected chi connectivity index (χ2v) is 2.24. The van der Waals surface area contributed by atoms with Gasteiger partial charge < -0.3 is 9.84 Å². The molecule has 1 aromatic carbocycles. The summed E-state index contributed by atoms with van der Waals surface area (Å²) in [4.78, 5) is 10.7. The van der Waals surface area contributed by atoms with Crippen LogP contribution >= 0.6 is 0 Å². The van der Waals surface area contributed by atoms with Gasteiger partial charge in [-0.3, -0.25) is 0 Å². The first-order valence-corrected chi connectivity index (χ1v) is 3.59. The molecule has 1 aromatic rings. The molecule has 0 spiro atoms. The average molecular weight is 176 g/mol. The molecule has 0 fully saturated rings. The summed E-state index contributed by atoms with van der Waals surface area (Å²) in [6.45, 7) is 3.30. The fourth-order valence-electron chi connectivity index (χ4n) is 0.851. The summed E-state index contributed by atoms with van der Waals surface area (Å²) < 4.78 is 4.97. The maximum atomic E-state index is 10.7. The molecule has 13 heavy (non-hydrogen) atoms. The van der Waals surface area contributed by atoms with Crippen LogP contribution in [0.3, 0.4) is 0 Å². The van der Waals surface area contributed by atoms with Gasteiger partial charge in [-0.1, -0.05) is 24.4 Å². The largest absolute Gasteiger partial charge is 0.478 e. The maximum Gasteiger partial charge on any atom is 0.339 e. The molecule has 1 rings (SSSR count). The summed E-state index contributed by atoms with van der Waals surface area (Å²) >= 11 is 0. The van der Waals surface area contributed by atoms with E-state index in [4.69, 9.17) is 9.84 Å². The number of carboxylic acids is 1. The minimum atomic E-state index is -1.02. The van der Waals surface area contributed by atoms with E-state index >= 15 is 0 Å². The van der Waals surface area contributed by atoms with E-state index in [1.165, 1.54) is 12.3 Å². The quantitative estimate of drug-likeness (QED) is 0.566. The van der Waals surface area contributed by atoms with Gasteiger partial charge in [0.1, 0.15) is 17.6 Å². The van der Waals surface area contributed by atoms with E-state index in [9.17, 15) is 4.79 Å². The van der Waals surface area contributed by atoms with Crippen molar-refractivity contribution >= 4 is 5.97 Å². The zero-order valence-electron chi connectivity index (χ0n) is 6.86. The third kappa shape index (κ3) is 2.22. The Bertz CT molecular complexity index is 362. The van der Waals surface area contributed by atoms with E-state index in [2.05, 4.69) is 12.3 Å². The summed E-state index contributed by atoms with van der Waals surface area (Å²) in [6, 6.07) is 6.36. The molecule has 0 radical (unpaired) electrons. The molecule has 0 aliphatic carbocycles. The molecule has 0 bridgehead atoms. The standard InChI is InChI=1S/C10H8O3/c1-2-7-13-9-6-4-3-5-8(9)10(11)12/h3-7H,1H2,(H,11,12). The van der Waals surface area contributed by atoms with Crippen LogP contribution in [0, 0.1) is 0 Å². The zero-order valence-corrected chi connectivity index (χ0v) is 6.86. The molecule has 66 valence electrons. The van der Waals surface area contributed by atoms with Gasteiger partial charge in [0.25, 0.3) is 0 Å². The highest BCUT2D eigenvalue weighted by Crippen LogP contribution is 2.17. The predicted molar refractivity (Wildman–Crippen MR) is 47.7 cm³/mol.